The van der Waals surface area contributed by atoms with Crippen LogP contribution in [-0.2, 0) is 0 Å². The van der Waals surface area contributed by atoms with Crippen LogP contribution in [0.3, 0.4) is 0 Å². The molecule has 0 aromatic heterocycles. The van der Waals surface area contributed by atoms with E-state index in [-0.39, 0.29) is 0 Å². The topological polar surface area (TPSA) is 24.4 Å². The fourth-order valence-electron chi connectivity index (χ4n) is 0.804. The first-order chi connectivity index (χ1) is 5.86. The van der Waals surface area contributed by atoms with Gasteiger partial charge >= 0.3 is 0 Å². The highest BCUT2D eigenvalue weighted by molar-refractivity contribution is 5.79. The van der Waals surface area contributed by atoms with Gasteiger partial charge in [-0.15, -0.1) is 6.42 Å². The van der Waals surface area contributed by atoms with E-state index in [1.165, 1.54) is 0 Å². The number of rotatable bonds is 2. The van der Waals surface area contributed by atoms with Crippen molar-refractivity contribution in [2.45, 2.75) is 0 Å². The van der Waals surface area contributed by atoms with Gasteiger partial charge in [0.2, 0.25) is 0 Å². The van der Waals surface area contributed by atoms with Gasteiger partial charge in [-0.2, -0.15) is 5.10 Å². The quantitative estimate of drug-likeness (QED) is 0.390. The van der Waals surface area contributed by atoms with E-state index in [1.807, 2.05) is 24.3 Å². The molecule has 2 nitrogen and oxygen atoms in total. The first-order valence-electron chi connectivity index (χ1n) is 3.63. The van der Waals surface area contributed by atoms with Gasteiger partial charge in [-0.3, -0.25) is 0 Å². The third-order valence-corrected chi connectivity index (χ3v) is 1.42. The molecule has 0 atom stereocenters. The van der Waals surface area contributed by atoms with Gasteiger partial charge in [0.25, 0.3) is 0 Å². The van der Waals surface area contributed by atoms with Gasteiger partial charge in [-0.25, -0.2) is 0 Å². The van der Waals surface area contributed by atoms with Crippen LogP contribution in [-0.4, -0.2) is 13.3 Å². The lowest BCUT2D eigenvalue weighted by Gasteiger charge is -1.92. The van der Waals surface area contributed by atoms with Crippen molar-refractivity contribution >= 4 is 6.21 Å². The number of nitrogens with zero attached hydrogens (tertiary/aromatic N) is 1. The molecule has 0 radical (unpaired) electrons. The van der Waals surface area contributed by atoms with Crippen LogP contribution in [0.4, 0.5) is 0 Å². The standard InChI is InChI=1S/C10H10N2/c1-3-9-4-6-10(7-5-9)8-12-11-2/h1,4-8,11H,2H3/b12-8+. The van der Waals surface area contributed by atoms with Crippen LogP contribution in [0.15, 0.2) is 29.4 Å². The van der Waals surface area contributed by atoms with Gasteiger partial charge < -0.3 is 5.43 Å². The number of hydrogen-bond donors (Lipinski definition) is 1. The maximum Gasteiger partial charge on any atom is 0.0540 e. The van der Waals surface area contributed by atoms with Gasteiger partial charge in [0.1, 0.15) is 0 Å². The van der Waals surface area contributed by atoms with E-state index in [9.17, 15) is 0 Å². The van der Waals surface area contributed by atoms with Crippen LogP contribution in [0.5, 0.6) is 0 Å². The molecule has 0 saturated carbocycles. The highest BCUT2D eigenvalue weighted by Crippen LogP contribution is 1.99. The molecule has 1 N–H and O–H groups in total. The summed E-state index contributed by atoms with van der Waals surface area (Å²) < 4.78 is 0. The van der Waals surface area contributed by atoms with Crippen LogP contribution >= 0.6 is 0 Å². The Balaban J connectivity index is 2.80. The SMILES string of the molecule is C#Cc1ccc(/C=N/NC)cc1. The van der Waals surface area contributed by atoms with Crippen LogP contribution in [0.25, 0.3) is 0 Å². The molecular weight excluding hydrogens is 148 g/mol. The van der Waals surface area contributed by atoms with E-state index in [0.717, 1.165) is 11.1 Å². The molecule has 0 spiro atoms. The Kier molecular flexibility index (Phi) is 2.92. The first-order valence-corrected chi connectivity index (χ1v) is 3.63. The zero-order valence-electron chi connectivity index (χ0n) is 6.91. The average Bonchev–Trinajstić information content (AvgIpc) is 2.15. The fourth-order valence-corrected chi connectivity index (χ4v) is 0.804. The molecule has 0 aliphatic rings. The summed E-state index contributed by atoms with van der Waals surface area (Å²) in [6, 6.07) is 7.63. The Morgan fingerprint density at radius 3 is 2.58 bits per heavy atom. The molecule has 2 heteroatoms. The Bertz CT molecular complexity index is 304. The monoisotopic (exact) mass is 158 g/mol. The largest absolute Gasteiger partial charge is 0.313 e. The van der Waals surface area contributed by atoms with E-state index in [4.69, 9.17) is 6.42 Å². The summed E-state index contributed by atoms with van der Waals surface area (Å²) in [5, 5.41) is 3.87. The molecule has 12 heavy (non-hydrogen) atoms. The number of benzene rings is 1. The zero-order valence-corrected chi connectivity index (χ0v) is 6.91. The van der Waals surface area contributed by atoms with Crippen molar-refractivity contribution in [2.24, 2.45) is 5.10 Å². The van der Waals surface area contributed by atoms with E-state index in [0.29, 0.717) is 0 Å². The number of nitrogens with one attached hydrogen (secondary N) is 1. The Morgan fingerprint density at radius 1 is 1.42 bits per heavy atom. The number of hydrogen-bond acceptors (Lipinski definition) is 2. The molecule has 0 aliphatic heterocycles. The van der Waals surface area contributed by atoms with Crippen LogP contribution in [0.1, 0.15) is 11.1 Å². The van der Waals surface area contributed by atoms with E-state index in [2.05, 4.69) is 16.4 Å². The molecular formula is C10H10N2. The minimum atomic E-state index is 0.886. The maximum atomic E-state index is 5.20. The van der Waals surface area contributed by atoms with Crippen LogP contribution in [0, 0.1) is 12.3 Å². The molecule has 0 amide bonds. The molecule has 0 bridgehead atoms. The molecule has 1 aromatic rings. The van der Waals surface area contributed by atoms with Gasteiger partial charge in [0, 0.05) is 12.6 Å². The molecule has 1 aromatic carbocycles. The summed E-state index contributed by atoms with van der Waals surface area (Å²) >= 11 is 0. The summed E-state index contributed by atoms with van der Waals surface area (Å²) in [7, 11) is 1.76. The van der Waals surface area contributed by atoms with Gasteiger partial charge in [0.05, 0.1) is 6.21 Å². The van der Waals surface area contributed by atoms with Crippen molar-refractivity contribution in [3.63, 3.8) is 0 Å². The van der Waals surface area contributed by atoms with Crippen LogP contribution < -0.4 is 5.43 Å². The third-order valence-electron chi connectivity index (χ3n) is 1.42. The normalized spacial score (nSPS) is 9.67. The van der Waals surface area contributed by atoms with E-state index in [1.54, 1.807) is 13.3 Å². The zero-order chi connectivity index (χ0) is 8.81. The van der Waals surface area contributed by atoms with E-state index < -0.39 is 0 Å². The summed E-state index contributed by atoms with van der Waals surface area (Å²) in [5.74, 6) is 2.55. The summed E-state index contributed by atoms with van der Waals surface area (Å²) in [4.78, 5) is 0. The van der Waals surface area contributed by atoms with Crippen molar-refractivity contribution < 1.29 is 0 Å². The van der Waals surface area contributed by atoms with Crippen molar-refractivity contribution in [2.75, 3.05) is 7.05 Å². The Morgan fingerprint density at radius 2 is 2.08 bits per heavy atom. The molecule has 60 valence electrons. The van der Waals surface area contributed by atoms with Crippen molar-refractivity contribution in [1.82, 2.24) is 5.43 Å². The molecule has 1 rings (SSSR count). The lowest BCUT2D eigenvalue weighted by atomic mass is 10.1. The second-order valence-electron chi connectivity index (χ2n) is 2.25. The average molecular weight is 158 g/mol. The van der Waals surface area contributed by atoms with Crippen LogP contribution in [0.2, 0.25) is 0 Å². The van der Waals surface area contributed by atoms with Crippen molar-refractivity contribution in [3.05, 3.63) is 35.4 Å². The predicted octanol–water partition coefficient (Wildman–Crippen LogP) is 1.22. The highest BCUT2D eigenvalue weighted by Gasteiger charge is 1.87. The summed E-state index contributed by atoms with van der Waals surface area (Å²) in [6.45, 7) is 0. The van der Waals surface area contributed by atoms with Gasteiger partial charge in [-0.1, -0.05) is 18.1 Å². The second-order valence-corrected chi connectivity index (χ2v) is 2.25. The van der Waals surface area contributed by atoms with E-state index >= 15 is 0 Å². The lowest BCUT2D eigenvalue weighted by molar-refractivity contribution is 0.908. The predicted molar refractivity (Wildman–Crippen MR) is 51.0 cm³/mol. The number of terminal acetylenes is 1. The maximum absolute atomic E-state index is 5.20. The molecule has 0 heterocycles. The Labute approximate surface area is 72.3 Å². The third kappa shape index (κ3) is 2.14. The second kappa shape index (κ2) is 4.20. The Hall–Kier alpha value is -1.75. The lowest BCUT2D eigenvalue weighted by Crippen LogP contribution is -1.94. The van der Waals surface area contributed by atoms with Gasteiger partial charge in [-0.05, 0) is 17.7 Å². The smallest absolute Gasteiger partial charge is 0.0540 e. The fraction of sp³-hybridized carbons (Fsp3) is 0.100. The summed E-state index contributed by atoms with van der Waals surface area (Å²) in [6.07, 6.45) is 6.94. The molecule has 0 unspecified atom stereocenters. The minimum absolute atomic E-state index is 0.886. The molecule has 0 fully saturated rings. The molecule has 0 saturated heterocycles. The van der Waals surface area contributed by atoms with Crippen molar-refractivity contribution in [3.8, 4) is 12.3 Å². The van der Waals surface area contributed by atoms with Gasteiger partial charge in [0.15, 0.2) is 0 Å². The molecule has 0 aliphatic carbocycles. The summed E-state index contributed by atoms with van der Waals surface area (Å²) in [5.41, 5.74) is 4.59. The van der Waals surface area contributed by atoms with Crippen molar-refractivity contribution in [1.29, 1.82) is 0 Å². The highest BCUT2D eigenvalue weighted by atomic mass is 15.3. The number of hydrazone groups is 1. The minimum Gasteiger partial charge on any atom is -0.313 e. The first kappa shape index (κ1) is 8.35.